The zero-order valence-corrected chi connectivity index (χ0v) is 18.7. The van der Waals surface area contributed by atoms with E-state index < -0.39 is 46.8 Å². The summed E-state index contributed by atoms with van der Waals surface area (Å²) in [5.74, 6) is -2.80. The third-order valence-electron chi connectivity index (χ3n) is 7.16. The number of hydrogen-bond donors (Lipinski definition) is 0. The molecule has 2 aliphatic carbocycles. The lowest BCUT2D eigenvalue weighted by atomic mass is 9.81. The van der Waals surface area contributed by atoms with Crippen LogP contribution in [0.3, 0.4) is 0 Å². The van der Waals surface area contributed by atoms with Crippen LogP contribution >= 0.6 is 11.6 Å². The van der Waals surface area contributed by atoms with E-state index in [0.717, 1.165) is 29.3 Å². The maximum Gasteiger partial charge on any atom is 0.273 e. The molecule has 4 atom stereocenters. The molecule has 0 radical (unpaired) electrons. The largest absolute Gasteiger partial charge is 0.292 e. The number of nitrogens with zero attached hydrogens (tertiary/aromatic N) is 3. The van der Waals surface area contributed by atoms with E-state index >= 15 is 0 Å². The average Bonchev–Trinajstić information content (AvgIpc) is 3.51. The predicted octanol–water partition coefficient (Wildman–Crippen LogP) is 3.52. The average molecular weight is 482 g/mol. The van der Waals surface area contributed by atoms with E-state index in [1.165, 1.54) is 48.5 Å². The lowest BCUT2D eigenvalue weighted by Gasteiger charge is -2.30. The number of non-ortho nitro benzene ring substituents is 1. The second-order valence-corrected chi connectivity index (χ2v) is 9.41. The summed E-state index contributed by atoms with van der Waals surface area (Å²) in [6.45, 7) is -0.564. The molecule has 9 nitrogen and oxygen atoms in total. The van der Waals surface area contributed by atoms with Crippen molar-refractivity contribution in [2.75, 3.05) is 6.54 Å². The molecule has 0 N–H and O–H groups in total. The van der Waals surface area contributed by atoms with Gasteiger partial charge in [-0.05, 0) is 67.5 Å². The molecule has 1 heterocycles. The normalized spacial score (nSPS) is 24.9. The van der Waals surface area contributed by atoms with Crippen LogP contribution < -0.4 is 0 Å². The fourth-order valence-electron chi connectivity index (χ4n) is 5.60. The summed E-state index contributed by atoms with van der Waals surface area (Å²) < 4.78 is 0. The molecule has 0 spiro atoms. The van der Waals surface area contributed by atoms with Gasteiger partial charge in [-0.2, -0.15) is 5.01 Å². The van der Waals surface area contributed by atoms with Gasteiger partial charge < -0.3 is 0 Å². The summed E-state index contributed by atoms with van der Waals surface area (Å²) in [6, 6.07) is 10.9. The highest BCUT2D eigenvalue weighted by Gasteiger charge is 2.62. The van der Waals surface area contributed by atoms with Crippen LogP contribution in [0.1, 0.15) is 40.0 Å². The van der Waals surface area contributed by atoms with Crippen LogP contribution in [0.15, 0.2) is 48.5 Å². The van der Waals surface area contributed by atoms with E-state index in [4.69, 9.17) is 11.6 Å². The first kappa shape index (κ1) is 22.2. The Bertz CT molecular complexity index is 1180. The number of nitro groups is 1. The molecule has 0 aromatic heterocycles. The summed E-state index contributed by atoms with van der Waals surface area (Å²) in [5.41, 5.74) is 0.110. The zero-order valence-electron chi connectivity index (χ0n) is 17.9. The van der Waals surface area contributed by atoms with Crippen LogP contribution in [-0.4, -0.2) is 45.0 Å². The number of ketones is 1. The number of carbonyl (C=O) groups excluding carboxylic acids is 4. The third-order valence-corrected chi connectivity index (χ3v) is 7.42. The molecule has 34 heavy (non-hydrogen) atoms. The molecule has 3 fully saturated rings. The maximum atomic E-state index is 13.4. The maximum absolute atomic E-state index is 13.4. The third kappa shape index (κ3) is 3.56. The van der Waals surface area contributed by atoms with E-state index in [2.05, 4.69) is 0 Å². The molecule has 3 aliphatic rings. The van der Waals surface area contributed by atoms with Crippen molar-refractivity contribution in [2.24, 2.45) is 23.7 Å². The minimum absolute atomic E-state index is 0.120. The molecule has 2 bridgehead atoms. The lowest BCUT2D eigenvalue weighted by Crippen LogP contribution is -2.52. The monoisotopic (exact) mass is 481 g/mol. The van der Waals surface area contributed by atoms with Gasteiger partial charge in [0, 0.05) is 28.3 Å². The van der Waals surface area contributed by atoms with E-state index in [-0.39, 0.29) is 28.7 Å². The Kier molecular flexibility index (Phi) is 5.44. The number of imide groups is 1. The van der Waals surface area contributed by atoms with Gasteiger partial charge in [-0.3, -0.25) is 29.3 Å². The summed E-state index contributed by atoms with van der Waals surface area (Å²) in [4.78, 5) is 63.5. The van der Waals surface area contributed by atoms with Gasteiger partial charge in [0.05, 0.1) is 16.8 Å². The van der Waals surface area contributed by atoms with Crippen molar-refractivity contribution in [2.45, 2.75) is 19.3 Å². The lowest BCUT2D eigenvalue weighted by molar-refractivity contribution is -0.384. The Labute approximate surface area is 199 Å². The van der Waals surface area contributed by atoms with Crippen molar-refractivity contribution in [3.05, 3.63) is 74.8 Å². The number of halogens is 1. The second kappa shape index (κ2) is 8.32. The highest BCUT2D eigenvalue weighted by atomic mass is 35.5. The predicted molar refractivity (Wildman–Crippen MR) is 120 cm³/mol. The van der Waals surface area contributed by atoms with E-state index in [1.54, 1.807) is 0 Å². The smallest absolute Gasteiger partial charge is 0.273 e. The first-order valence-electron chi connectivity index (χ1n) is 11.0. The number of benzene rings is 2. The number of rotatable bonds is 6. The van der Waals surface area contributed by atoms with Gasteiger partial charge in [0.25, 0.3) is 23.4 Å². The second-order valence-electron chi connectivity index (χ2n) is 8.97. The van der Waals surface area contributed by atoms with Crippen LogP contribution in [0, 0.1) is 33.8 Å². The summed E-state index contributed by atoms with van der Waals surface area (Å²) in [7, 11) is 0. The highest BCUT2D eigenvalue weighted by molar-refractivity contribution is 6.30. The van der Waals surface area contributed by atoms with Gasteiger partial charge in [-0.15, -0.1) is 0 Å². The molecule has 1 aliphatic heterocycles. The quantitative estimate of drug-likeness (QED) is 0.269. The number of hydrogen-bond acceptors (Lipinski definition) is 6. The van der Waals surface area contributed by atoms with Crippen LogP contribution in [0.2, 0.25) is 5.02 Å². The van der Waals surface area contributed by atoms with Gasteiger partial charge in [0.2, 0.25) is 0 Å². The molecule has 5 rings (SSSR count). The number of amides is 3. The van der Waals surface area contributed by atoms with Gasteiger partial charge in [-0.25, -0.2) is 5.01 Å². The molecule has 0 unspecified atom stereocenters. The van der Waals surface area contributed by atoms with Gasteiger partial charge >= 0.3 is 0 Å². The Hall–Kier alpha value is -3.59. The van der Waals surface area contributed by atoms with Crippen molar-refractivity contribution in [1.29, 1.82) is 0 Å². The molecule has 2 aromatic rings. The number of carbonyl (C=O) groups is 4. The standard InChI is InChI=1S/C24H20ClN3O6/c25-17-7-3-14(4-8-17)22(30)26(12-19(29)13-5-9-18(10-6-13)28(33)34)27-23(31)20-15-1-2-16(11-15)21(20)24(27)32/h3-10,15-16,20-21H,1-2,11-12H2/t15-,16-,20+,21+/m0/s1. The molecular formula is C24H20ClN3O6. The first-order valence-corrected chi connectivity index (χ1v) is 11.4. The van der Waals surface area contributed by atoms with Gasteiger partial charge in [0.15, 0.2) is 5.78 Å². The Morgan fingerprint density at radius 1 is 0.941 bits per heavy atom. The van der Waals surface area contributed by atoms with Crippen molar-refractivity contribution in [3.63, 3.8) is 0 Å². The van der Waals surface area contributed by atoms with E-state index in [9.17, 15) is 29.3 Å². The molecule has 10 heteroatoms. The van der Waals surface area contributed by atoms with Crippen molar-refractivity contribution in [3.8, 4) is 0 Å². The van der Waals surface area contributed by atoms with Crippen molar-refractivity contribution in [1.82, 2.24) is 10.0 Å². The van der Waals surface area contributed by atoms with Crippen molar-refractivity contribution < 1.29 is 24.1 Å². The molecule has 2 saturated carbocycles. The van der Waals surface area contributed by atoms with Crippen LogP contribution in [-0.2, 0) is 9.59 Å². The first-order chi connectivity index (χ1) is 16.3. The highest BCUT2D eigenvalue weighted by Crippen LogP contribution is 2.56. The summed E-state index contributed by atoms with van der Waals surface area (Å²) >= 11 is 5.93. The zero-order chi connectivity index (χ0) is 24.1. The van der Waals surface area contributed by atoms with Crippen LogP contribution in [0.5, 0.6) is 0 Å². The summed E-state index contributed by atoms with van der Waals surface area (Å²) in [6.07, 6.45) is 2.60. The van der Waals surface area contributed by atoms with Crippen LogP contribution in [0.25, 0.3) is 0 Å². The molecular weight excluding hydrogens is 462 g/mol. The fourth-order valence-corrected chi connectivity index (χ4v) is 5.73. The number of hydrazine groups is 1. The Morgan fingerprint density at radius 3 is 2.00 bits per heavy atom. The minimum Gasteiger partial charge on any atom is -0.292 e. The van der Waals surface area contributed by atoms with E-state index in [1.807, 2.05) is 0 Å². The fraction of sp³-hybridized carbons (Fsp3) is 0.333. The molecule has 174 valence electrons. The van der Waals surface area contributed by atoms with Gasteiger partial charge in [-0.1, -0.05) is 11.6 Å². The van der Waals surface area contributed by atoms with Crippen LogP contribution in [0.4, 0.5) is 5.69 Å². The molecule has 2 aromatic carbocycles. The number of fused-ring (bicyclic) bond motifs is 5. The number of nitro benzene ring substituents is 1. The van der Waals surface area contributed by atoms with Gasteiger partial charge in [0.1, 0.15) is 6.54 Å². The topological polar surface area (TPSA) is 118 Å². The van der Waals surface area contributed by atoms with E-state index in [0.29, 0.717) is 5.02 Å². The minimum atomic E-state index is -0.680. The Balaban J connectivity index is 1.47. The van der Waals surface area contributed by atoms with Crippen molar-refractivity contribution >= 4 is 40.8 Å². The molecule has 3 amide bonds. The summed E-state index contributed by atoms with van der Waals surface area (Å²) in [5, 5.41) is 13.1. The SMILES string of the molecule is O=C(CN(C(=O)c1ccc(Cl)cc1)N1C(=O)[C@@H]2[C@H]3CC[C@@H](C3)[C@H]2C1=O)c1ccc([N+](=O)[O-])cc1. The molecule has 1 saturated heterocycles. The Morgan fingerprint density at radius 2 is 1.47 bits per heavy atom. The number of Topliss-reactive ketones (excluding diaryl/α,β-unsaturated/α-hetero) is 1.